The van der Waals surface area contributed by atoms with Gasteiger partial charge in [-0.05, 0) is 24.6 Å². The van der Waals surface area contributed by atoms with Gasteiger partial charge in [0.25, 0.3) is 5.56 Å². The average Bonchev–Trinajstić information content (AvgIpc) is 3.52. The number of benzene rings is 1. The predicted octanol–water partition coefficient (Wildman–Crippen LogP) is 2.48. The lowest BCUT2D eigenvalue weighted by molar-refractivity contribution is -0.171. The van der Waals surface area contributed by atoms with Crippen LogP contribution in [0.3, 0.4) is 0 Å². The first-order valence-electron chi connectivity index (χ1n) is 13.9. The molecular weight excluding hydrogens is 599 g/mol. The minimum atomic E-state index is -5.08. The number of aromatic nitrogens is 2. The van der Waals surface area contributed by atoms with Crippen LogP contribution >= 0.6 is 7.82 Å². The number of phosphoric ester groups is 1. The zero-order valence-electron chi connectivity index (χ0n) is 24.0. The molecule has 1 N–H and O–H groups in total. The van der Waals surface area contributed by atoms with Crippen LogP contribution in [-0.4, -0.2) is 63.9 Å². The smallest absolute Gasteiger partial charge is 0.458 e. The molecule has 44 heavy (non-hydrogen) atoms. The molecule has 3 aliphatic rings. The maximum atomic E-state index is 13.7. The van der Waals surface area contributed by atoms with Crippen LogP contribution in [0.25, 0.3) is 22.3 Å². The molecule has 0 bridgehead atoms. The Morgan fingerprint density at radius 2 is 1.91 bits per heavy atom. The Labute approximate surface area is 250 Å². The van der Waals surface area contributed by atoms with Gasteiger partial charge in [0.15, 0.2) is 12.2 Å². The van der Waals surface area contributed by atoms with Crippen molar-refractivity contribution in [3.8, 4) is 11.4 Å². The summed E-state index contributed by atoms with van der Waals surface area (Å²) in [6.07, 6.45) is -3.36. The Hall–Kier alpha value is -3.94. The fourth-order valence-corrected chi connectivity index (χ4v) is 6.99. The lowest BCUT2D eigenvalue weighted by Crippen LogP contribution is -2.46. The number of hydrogen-bond donors (Lipinski definition) is 1. The number of phosphoric acid groups is 1. The van der Waals surface area contributed by atoms with Crippen LogP contribution in [-0.2, 0) is 65.7 Å². The number of cyclic esters (lactones) is 1. The summed E-state index contributed by atoms with van der Waals surface area (Å²) in [5.41, 5.74) is 0.0742. The molecule has 1 fully saturated rings. The number of para-hydroxylation sites is 1. The summed E-state index contributed by atoms with van der Waals surface area (Å²) in [6, 6.07) is 11.0. The highest BCUT2D eigenvalue weighted by Gasteiger charge is 2.53. The molecule has 0 aliphatic carbocycles. The van der Waals surface area contributed by atoms with E-state index < -0.39 is 61.8 Å². The fraction of sp³-hybridized carbons (Fsp3) is 0.414. The van der Waals surface area contributed by atoms with E-state index in [2.05, 4.69) is 0 Å². The number of carbonyl (C=O) groups excluding carboxylic acids is 3. The molecule has 14 nitrogen and oxygen atoms in total. The first-order chi connectivity index (χ1) is 20.9. The number of ether oxygens (including phenoxy) is 4. The lowest BCUT2D eigenvalue weighted by Gasteiger charge is -2.36. The number of esters is 3. The SMILES string of the molecule is CC[C@@]1(OP(=O)(O)OC[C@H]2OC[C@H](OC(C)=O)[C@@H]2OC(C)=O)C(=O)OCc2c1cc1n(c2=O)Cc2cc3ccccc3nc2-1. The van der Waals surface area contributed by atoms with Crippen LogP contribution in [0, 0.1) is 0 Å². The van der Waals surface area contributed by atoms with Gasteiger partial charge >= 0.3 is 25.7 Å². The molecule has 6 rings (SSSR count). The summed E-state index contributed by atoms with van der Waals surface area (Å²) in [5.74, 6) is -2.30. The quantitative estimate of drug-likeness (QED) is 0.171. The summed E-state index contributed by atoms with van der Waals surface area (Å²) in [6.45, 7) is 2.99. The molecule has 1 unspecified atom stereocenters. The molecule has 0 amide bonds. The van der Waals surface area contributed by atoms with Gasteiger partial charge in [0.2, 0.25) is 5.60 Å². The maximum absolute atomic E-state index is 13.7. The topological polar surface area (TPSA) is 179 Å². The van der Waals surface area contributed by atoms with E-state index in [-0.39, 0.29) is 37.3 Å². The predicted molar refractivity (Wildman–Crippen MR) is 150 cm³/mol. The second-order valence-electron chi connectivity index (χ2n) is 10.7. The van der Waals surface area contributed by atoms with E-state index in [4.69, 9.17) is 33.0 Å². The van der Waals surface area contributed by atoms with Crippen molar-refractivity contribution < 1.29 is 51.8 Å². The van der Waals surface area contributed by atoms with Crippen LogP contribution in [0.1, 0.15) is 43.9 Å². The number of fused-ring (bicyclic) bond motifs is 5. The van der Waals surface area contributed by atoms with E-state index in [0.29, 0.717) is 16.9 Å². The van der Waals surface area contributed by atoms with Gasteiger partial charge in [0, 0.05) is 30.4 Å². The molecule has 3 aromatic rings. The standard InChI is InChI=1S/C29H29N2O12P/c1-4-29(43-44(36,37)40-14-23-26(42-16(3)33)24(13-38-23)41-15(2)32)20-10-22-25-18(9-17-7-5-6-8-21(17)30-25)11-31(22)27(34)19(20)12-39-28(29)35/h5-10,23-24,26H,4,11-14H2,1-3H3,(H,36,37)/t23-,24+,26-,29+/m1/s1. The van der Waals surface area contributed by atoms with E-state index in [0.717, 1.165) is 17.9 Å². The van der Waals surface area contributed by atoms with Crippen LogP contribution in [0.15, 0.2) is 41.2 Å². The van der Waals surface area contributed by atoms with Gasteiger partial charge in [-0.1, -0.05) is 25.1 Å². The Balaban J connectivity index is 1.32. The van der Waals surface area contributed by atoms with Gasteiger partial charge in [-0.15, -0.1) is 0 Å². The number of rotatable bonds is 8. The second kappa shape index (κ2) is 11.2. The van der Waals surface area contributed by atoms with E-state index in [9.17, 15) is 28.6 Å². The molecule has 2 aromatic heterocycles. The first kappa shape index (κ1) is 30.1. The maximum Gasteiger partial charge on any atom is 0.473 e. The molecule has 15 heteroatoms. The Kier molecular flexibility index (Phi) is 7.67. The minimum absolute atomic E-state index is 0.0815. The molecule has 1 saturated heterocycles. The number of carbonyl (C=O) groups is 3. The Bertz CT molecular complexity index is 1800. The summed E-state index contributed by atoms with van der Waals surface area (Å²) in [5, 5.41) is 0.904. The summed E-state index contributed by atoms with van der Waals surface area (Å²) < 4.78 is 46.9. The van der Waals surface area contributed by atoms with Gasteiger partial charge in [-0.3, -0.25) is 23.4 Å². The highest BCUT2D eigenvalue weighted by atomic mass is 31.2. The van der Waals surface area contributed by atoms with Crippen LogP contribution in [0.5, 0.6) is 0 Å². The zero-order valence-corrected chi connectivity index (χ0v) is 24.9. The summed E-state index contributed by atoms with van der Waals surface area (Å²) in [4.78, 5) is 65.7. The van der Waals surface area contributed by atoms with Crippen molar-refractivity contribution in [2.24, 2.45) is 0 Å². The molecule has 0 radical (unpaired) electrons. The Morgan fingerprint density at radius 1 is 1.16 bits per heavy atom. The number of nitrogens with zero attached hydrogens (tertiary/aromatic N) is 2. The summed E-state index contributed by atoms with van der Waals surface area (Å²) in [7, 11) is -5.08. The molecule has 232 valence electrons. The van der Waals surface area contributed by atoms with E-state index in [1.807, 2.05) is 30.3 Å². The van der Waals surface area contributed by atoms with Crippen LogP contribution in [0.2, 0.25) is 0 Å². The second-order valence-corrected chi connectivity index (χ2v) is 12.1. The highest BCUT2D eigenvalue weighted by Crippen LogP contribution is 2.54. The molecule has 0 saturated carbocycles. The van der Waals surface area contributed by atoms with Crippen molar-refractivity contribution in [1.29, 1.82) is 0 Å². The summed E-state index contributed by atoms with van der Waals surface area (Å²) >= 11 is 0. The first-order valence-corrected chi connectivity index (χ1v) is 15.4. The van der Waals surface area contributed by atoms with Crippen molar-refractivity contribution in [1.82, 2.24) is 9.55 Å². The van der Waals surface area contributed by atoms with Crippen molar-refractivity contribution >= 4 is 36.6 Å². The van der Waals surface area contributed by atoms with Gasteiger partial charge in [-0.25, -0.2) is 14.3 Å². The normalized spacial score (nSPS) is 25.0. The van der Waals surface area contributed by atoms with Crippen molar-refractivity contribution in [2.45, 2.75) is 64.3 Å². The molecule has 1 aromatic carbocycles. The Morgan fingerprint density at radius 3 is 2.64 bits per heavy atom. The third kappa shape index (κ3) is 5.22. The molecule has 0 spiro atoms. The minimum Gasteiger partial charge on any atom is -0.458 e. The third-order valence-corrected chi connectivity index (χ3v) is 8.90. The number of pyridine rings is 2. The molecular formula is C29H29N2O12P. The van der Waals surface area contributed by atoms with E-state index >= 15 is 0 Å². The van der Waals surface area contributed by atoms with Gasteiger partial charge in [0.05, 0.1) is 42.2 Å². The highest BCUT2D eigenvalue weighted by molar-refractivity contribution is 7.47. The largest absolute Gasteiger partial charge is 0.473 e. The molecule has 5 atom stereocenters. The van der Waals surface area contributed by atoms with Crippen molar-refractivity contribution in [3.05, 3.63) is 63.4 Å². The van der Waals surface area contributed by atoms with Crippen LogP contribution in [0.4, 0.5) is 0 Å². The van der Waals surface area contributed by atoms with Crippen molar-refractivity contribution in [2.75, 3.05) is 13.2 Å². The van der Waals surface area contributed by atoms with Crippen molar-refractivity contribution in [3.63, 3.8) is 0 Å². The van der Waals surface area contributed by atoms with Gasteiger partial charge < -0.3 is 28.4 Å². The molecule has 5 heterocycles. The average molecular weight is 629 g/mol. The lowest BCUT2D eigenvalue weighted by atomic mass is 9.86. The number of hydrogen-bond acceptors (Lipinski definition) is 12. The zero-order chi connectivity index (χ0) is 31.4. The van der Waals surface area contributed by atoms with Gasteiger partial charge in [-0.2, -0.15) is 0 Å². The van der Waals surface area contributed by atoms with Gasteiger partial charge in [0.1, 0.15) is 12.7 Å². The van der Waals surface area contributed by atoms with E-state index in [1.54, 1.807) is 13.0 Å². The van der Waals surface area contributed by atoms with E-state index in [1.165, 1.54) is 11.5 Å². The fourth-order valence-electron chi connectivity index (χ4n) is 5.90. The van der Waals surface area contributed by atoms with Crippen LogP contribution < -0.4 is 5.56 Å². The molecule has 3 aliphatic heterocycles. The third-order valence-electron chi connectivity index (χ3n) is 7.88. The monoisotopic (exact) mass is 628 g/mol.